The monoisotopic (exact) mass is 280 g/mol. The van der Waals surface area contributed by atoms with E-state index in [1.807, 2.05) is 0 Å². The summed E-state index contributed by atoms with van der Waals surface area (Å²) in [7, 11) is 0. The highest BCUT2D eigenvalue weighted by Crippen LogP contribution is 2.65. The quantitative estimate of drug-likeness (QED) is 0.776. The lowest BCUT2D eigenvalue weighted by atomic mass is 9.43. The van der Waals surface area contributed by atoms with Crippen LogP contribution >= 0.6 is 0 Å². The molecular weight excluding hydrogens is 252 g/mol. The Morgan fingerprint density at radius 3 is 2.15 bits per heavy atom. The molecule has 4 fully saturated rings. The fourth-order valence-electron chi connectivity index (χ4n) is 5.26. The van der Waals surface area contributed by atoms with Crippen molar-refractivity contribution in [1.82, 2.24) is 0 Å². The number of carboxylic acid groups (broad SMARTS) is 1. The molecule has 4 rings (SSSR count). The van der Waals surface area contributed by atoms with Crippen LogP contribution in [0.2, 0.25) is 0 Å². The van der Waals surface area contributed by atoms with Gasteiger partial charge in [-0.25, -0.2) is 4.79 Å². The van der Waals surface area contributed by atoms with E-state index < -0.39 is 5.97 Å². The molecule has 4 saturated carbocycles. The van der Waals surface area contributed by atoms with Crippen LogP contribution in [0.5, 0.6) is 0 Å². The molecule has 0 radical (unpaired) electrons. The van der Waals surface area contributed by atoms with Gasteiger partial charge in [0.05, 0.1) is 5.60 Å². The van der Waals surface area contributed by atoms with Crippen molar-refractivity contribution in [1.29, 1.82) is 0 Å². The van der Waals surface area contributed by atoms with Crippen LogP contribution in [0.15, 0.2) is 12.7 Å². The largest absolute Gasteiger partial charge is 0.478 e. The smallest absolute Gasteiger partial charge is 0.327 e. The van der Waals surface area contributed by atoms with Gasteiger partial charge in [0, 0.05) is 6.08 Å². The Morgan fingerprint density at radius 1 is 1.30 bits per heavy atom. The van der Waals surface area contributed by atoms with Gasteiger partial charge in [0.1, 0.15) is 0 Å². The zero-order valence-electron chi connectivity index (χ0n) is 12.8. The molecule has 3 unspecified atom stereocenters. The molecule has 114 valence electrons. The highest BCUT2D eigenvalue weighted by molar-refractivity contribution is 5.78. The van der Waals surface area contributed by atoms with E-state index in [2.05, 4.69) is 20.4 Å². The van der Waals surface area contributed by atoms with Crippen LogP contribution in [0.1, 0.15) is 58.8 Å². The van der Waals surface area contributed by atoms with Gasteiger partial charge in [0.2, 0.25) is 0 Å². The van der Waals surface area contributed by atoms with E-state index in [1.54, 1.807) is 0 Å². The first-order valence-electron chi connectivity index (χ1n) is 7.92. The lowest BCUT2D eigenvalue weighted by molar-refractivity contribution is -0.223. The second-order valence-electron chi connectivity index (χ2n) is 7.29. The van der Waals surface area contributed by atoms with Gasteiger partial charge in [-0.15, -0.1) is 0 Å². The molecule has 0 aromatic carbocycles. The first-order valence-corrected chi connectivity index (χ1v) is 7.92. The average Bonchev–Trinajstić information content (AvgIpc) is 2.36. The van der Waals surface area contributed by atoms with E-state index in [1.165, 1.54) is 32.1 Å². The van der Waals surface area contributed by atoms with E-state index in [-0.39, 0.29) is 11.0 Å². The maximum absolute atomic E-state index is 11.0. The molecule has 3 nitrogen and oxygen atoms in total. The zero-order valence-corrected chi connectivity index (χ0v) is 12.8. The molecule has 0 heterocycles. The van der Waals surface area contributed by atoms with Crippen LogP contribution < -0.4 is 0 Å². The number of rotatable bonds is 3. The lowest BCUT2D eigenvalue weighted by Crippen LogP contribution is -2.63. The predicted octanol–water partition coefficient (Wildman–Crippen LogP) is 3.62. The first kappa shape index (κ1) is 15.6. The predicted molar refractivity (Wildman–Crippen MR) is 79.4 cm³/mol. The van der Waals surface area contributed by atoms with Crippen molar-refractivity contribution in [3.8, 4) is 0 Å². The molecule has 4 bridgehead atoms. The Hall–Kier alpha value is -0.830. The Balaban J connectivity index is 0.000000257. The highest BCUT2D eigenvalue weighted by atomic mass is 16.4. The Morgan fingerprint density at radius 2 is 1.80 bits per heavy atom. The second kappa shape index (κ2) is 5.51. The van der Waals surface area contributed by atoms with Crippen LogP contribution in [0.3, 0.4) is 0 Å². The molecule has 0 saturated heterocycles. The van der Waals surface area contributed by atoms with Crippen molar-refractivity contribution in [3.63, 3.8) is 0 Å². The van der Waals surface area contributed by atoms with E-state index in [0.717, 1.165) is 36.7 Å². The molecule has 0 aromatic heterocycles. The number of carboxylic acids is 1. The van der Waals surface area contributed by atoms with E-state index in [0.29, 0.717) is 0 Å². The third-order valence-corrected chi connectivity index (χ3v) is 6.06. The maximum atomic E-state index is 11.0. The number of hydrogen-bond donors (Lipinski definition) is 2. The number of aliphatic carboxylic acids is 1. The van der Waals surface area contributed by atoms with E-state index >= 15 is 0 Å². The average molecular weight is 280 g/mol. The third kappa shape index (κ3) is 2.52. The topological polar surface area (TPSA) is 57.5 Å². The van der Waals surface area contributed by atoms with Crippen LogP contribution in [0.25, 0.3) is 0 Å². The number of aliphatic hydroxyl groups is 1. The second-order valence-corrected chi connectivity index (χ2v) is 7.29. The Bertz CT molecular complexity index is 376. The molecule has 0 aromatic rings. The Labute approximate surface area is 122 Å². The van der Waals surface area contributed by atoms with Gasteiger partial charge in [-0.1, -0.05) is 26.8 Å². The van der Waals surface area contributed by atoms with Gasteiger partial charge in [0.15, 0.2) is 0 Å². The van der Waals surface area contributed by atoms with E-state index in [4.69, 9.17) is 5.11 Å². The summed E-state index contributed by atoms with van der Waals surface area (Å²) in [5.41, 5.74) is -0.0487. The third-order valence-electron chi connectivity index (χ3n) is 6.06. The summed E-state index contributed by atoms with van der Waals surface area (Å²) in [4.78, 5) is 9.25. The molecular formula is C17H28O3. The van der Waals surface area contributed by atoms with Crippen LogP contribution in [0, 0.1) is 23.2 Å². The van der Waals surface area contributed by atoms with Crippen molar-refractivity contribution < 1.29 is 15.0 Å². The van der Waals surface area contributed by atoms with Crippen molar-refractivity contribution in [2.24, 2.45) is 23.2 Å². The minimum absolute atomic E-state index is 0.245. The van der Waals surface area contributed by atoms with E-state index in [9.17, 15) is 9.90 Å². The van der Waals surface area contributed by atoms with Crippen molar-refractivity contribution in [2.45, 2.75) is 64.4 Å². The van der Waals surface area contributed by atoms with Crippen molar-refractivity contribution in [2.75, 3.05) is 0 Å². The normalized spacial score (nSPS) is 44.6. The van der Waals surface area contributed by atoms with Crippen LogP contribution in [0.4, 0.5) is 0 Å². The molecule has 0 aliphatic heterocycles. The molecule has 0 spiro atoms. The summed E-state index contributed by atoms with van der Waals surface area (Å²) in [5.74, 6) is 1.56. The van der Waals surface area contributed by atoms with Gasteiger partial charge in [-0.05, 0) is 61.7 Å². The summed E-state index contributed by atoms with van der Waals surface area (Å²) in [6.45, 7) is 7.60. The van der Waals surface area contributed by atoms with Gasteiger partial charge in [0.25, 0.3) is 0 Å². The van der Waals surface area contributed by atoms with Gasteiger partial charge in [-0.2, -0.15) is 0 Å². The maximum Gasteiger partial charge on any atom is 0.327 e. The van der Waals surface area contributed by atoms with Crippen molar-refractivity contribution in [3.05, 3.63) is 12.7 Å². The molecule has 4 aliphatic rings. The van der Waals surface area contributed by atoms with Crippen LogP contribution in [-0.2, 0) is 4.79 Å². The summed E-state index contributed by atoms with van der Waals surface area (Å²) in [6.07, 6.45) is 9.75. The van der Waals surface area contributed by atoms with Gasteiger partial charge in [-0.3, -0.25) is 0 Å². The SMILES string of the molecule is C=CC(=O)O.CCCC1(C)C2CC3CC(C2)CC1(O)C3. The van der Waals surface area contributed by atoms with Gasteiger partial charge < -0.3 is 10.2 Å². The molecule has 2 N–H and O–H groups in total. The fourth-order valence-corrected chi connectivity index (χ4v) is 5.26. The van der Waals surface area contributed by atoms with Gasteiger partial charge >= 0.3 is 5.97 Å². The summed E-state index contributed by atoms with van der Waals surface area (Å²) < 4.78 is 0. The molecule has 3 heteroatoms. The first-order chi connectivity index (χ1) is 9.34. The number of hydrogen-bond acceptors (Lipinski definition) is 2. The minimum Gasteiger partial charge on any atom is -0.478 e. The molecule has 3 atom stereocenters. The highest BCUT2D eigenvalue weighted by Gasteiger charge is 2.61. The fraction of sp³-hybridized carbons (Fsp3) is 0.824. The number of carbonyl (C=O) groups is 1. The Kier molecular flexibility index (Phi) is 4.29. The summed E-state index contributed by atoms with van der Waals surface area (Å²) in [6, 6.07) is 0. The summed E-state index contributed by atoms with van der Waals surface area (Å²) >= 11 is 0. The molecule has 20 heavy (non-hydrogen) atoms. The molecule has 0 amide bonds. The van der Waals surface area contributed by atoms with Crippen molar-refractivity contribution >= 4 is 5.97 Å². The minimum atomic E-state index is -0.981. The standard InChI is InChI=1S/C14H24O.C3H4O2/c1-3-4-13(2)12-6-10-5-11(7-12)9-14(13,15)8-10;1-2-3(4)5/h10-12,15H,3-9H2,1-2H3;2H,1H2,(H,4,5). The lowest BCUT2D eigenvalue weighted by Gasteiger charge is -2.64. The summed E-state index contributed by atoms with van der Waals surface area (Å²) in [5, 5.41) is 18.6. The van der Waals surface area contributed by atoms with Crippen LogP contribution in [-0.4, -0.2) is 21.8 Å². The molecule has 4 aliphatic carbocycles. The zero-order chi connectivity index (χ0) is 15.0.